The Hall–Kier alpha value is -4.22. The van der Waals surface area contributed by atoms with Gasteiger partial charge in [0.2, 0.25) is 17.7 Å². The second-order valence-electron chi connectivity index (χ2n) is 34.1. The zero-order valence-electron chi connectivity index (χ0n) is 74.0. The Bertz CT molecular complexity index is 2870. The number of hydrogen-bond donors (Lipinski definition) is 15. The molecule has 4 heterocycles. The summed E-state index contributed by atoms with van der Waals surface area (Å²) in [4.78, 5) is 79.0. The van der Waals surface area contributed by atoms with Crippen molar-refractivity contribution in [3.05, 3.63) is 0 Å². The van der Waals surface area contributed by atoms with E-state index in [-0.39, 0.29) is 109 Å². The minimum atomic E-state index is -1.66. The second kappa shape index (κ2) is 59.5. The van der Waals surface area contributed by atoms with Crippen LogP contribution >= 0.6 is 0 Å². The minimum absolute atomic E-state index is 0.0331. The molecule has 0 aromatic carbocycles. The van der Waals surface area contributed by atoms with Gasteiger partial charge in [-0.25, -0.2) is 9.59 Å². The summed E-state index contributed by atoms with van der Waals surface area (Å²) < 4.78 is 123. The fourth-order valence-corrected chi connectivity index (χ4v) is 17.1. The van der Waals surface area contributed by atoms with E-state index in [9.17, 15) is 90.0 Å². The Kier molecular flexibility index (Phi) is 50.7. The third kappa shape index (κ3) is 36.8. The maximum atomic E-state index is 13.8. The molecule has 4 saturated carbocycles. The number of aliphatic hydroxyl groups is 10. The van der Waals surface area contributed by atoms with Crippen LogP contribution in [0.3, 0.4) is 0 Å². The highest BCUT2D eigenvalue weighted by molar-refractivity contribution is 5.86. The number of nitrogens with one attached hydrogen (secondary N) is 3. The summed E-state index contributed by atoms with van der Waals surface area (Å²) in [5.41, 5.74) is 0. The Morgan fingerprint density at radius 2 is 0.677 bits per heavy atom. The Morgan fingerprint density at radius 3 is 1.02 bits per heavy atom. The standard InChI is InChI=1S/C85H147N3O39/c1-50-13-11-19-57(76(50)126-84-74(101)72(99)68(95)52(3)118-84)122-82-66(78(70(97)61(46-89)124-82)120-59(80(103)104)43-54-15-7-5-8-16-54)87-63(92)22-21-56(91)48-116-41-39-114-37-35-112-33-31-110-29-27-108-25-23-107-24-26-109-28-30-111-32-34-113-36-38-115-40-42-117-49-65(94)86-45-64(93)88-67-79(121-60(81(105)106)44-55-17-9-6-10-18-55)71(98)62(47-90)125-83(67)123-58-20-12-14-51(2)77(58)127-85-75(102)73(100)69(96)53(4)119-85/h50-55,57-62,66-79,82-85,89-90,95-102H,5-49H2,1-4H3,(H,86,94)(H,87,92)(H,88,93)(H,103,104)(H,105,106)/t50?,51?,52?,53?,57-,58-,59+,60+,61+,62+,66?,67?,68-,69-,70+,71+,72+,73+,74?,75?,76-,77-,78?,79?,82-,83-,84+,85+/m1/s1. The van der Waals surface area contributed by atoms with Crippen LogP contribution in [0.1, 0.15) is 156 Å². The number of carbonyl (C=O) groups is 6. The van der Waals surface area contributed by atoms with E-state index in [1.165, 1.54) is 13.8 Å². The molecular formula is C85H147N3O39. The molecular weight excluding hydrogens is 1690 g/mol. The maximum absolute atomic E-state index is 13.8. The summed E-state index contributed by atoms with van der Waals surface area (Å²) in [6.07, 6.45) is -19.5. The first-order chi connectivity index (χ1) is 61.3. The molecule has 0 spiro atoms. The molecule has 8 fully saturated rings. The largest absolute Gasteiger partial charge is 0.479 e. The van der Waals surface area contributed by atoms with E-state index in [1.807, 2.05) is 13.8 Å². The highest BCUT2D eigenvalue weighted by Gasteiger charge is 2.55. The van der Waals surface area contributed by atoms with Gasteiger partial charge in [-0.15, -0.1) is 0 Å². The second-order valence-corrected chi connectivity index (χ2v) is 34.1. The van der Waals surface area contributed by atoms with E-state index < -0.39 is 221 Å². The molecule has 0 radical (unpaired) electrons. The Morgan fingerprint density at radius 1 is 0.339 bits per heavy atom. The molecule has 42 nitrogen and oxygen atoms in total. The molecule has 4 aliphatic carbocycles. The van der Waals surface area contributed by atoms with Crippen LogP contribution in [-0.2, 0) is 128 Å². The van der Waals surface area contributed by atoms with E-state index in [0.29, 0.717) is 118 Å². The number of carboxylic acid groups (broad SMARTS) is 2. The van der Waals surface area contributed by atoms with Gasteiger partial charge < -0.3 is 177 Å². The fraction of sp³-hybridized carbons (Fsp3) is 0.929. The number of ether oxygens (including phenoxy) is 21. The number of carbonyl (C=O) groups excluding carboxylic acids is 4. The zero-order chi connectivity index (χ0) is 91.6. The van der Waals surface area contributed by atoms with Crippen molar-refractivity contribution in [3.63, 3.8) is 0 Å². The van der Waals surface area contributed by atoms with Gasteiger partial charge in [0.25, 0.3) is 0 Å². The van der Waals surface area contributed by atoms with E-state index >= 15 is 0 Å². The van der Waals surface area contributed by atoms with Crippen LogP contribution in [0.15, 0.2) is 0 Å². The number of ketones is 1. The van der Waals surface area contributed by atoms with Gasteiger partial charge in [0.1, 0.15) is 98.5 Å². The van der Waals surface area contributed by atoms with Gasteiger partial charge in [0.05, 0.1) is 189 Å². The summed E-state index contributed by atoms with van der Waals surface area (Å²) in [6.45, 7) is 9.72. The first-order valence-electron chi connectivity index (χ1n) is 45.7. The summed E-state index contributed by atoms with van der Waals surface area (Å²) in [6, 6.07) is -2.77. The molecule has 28 atom stereocenters. The highest BCUT2D eigenvalue weighted by Crippen LogP contribution is 2.40. The topological polar surface area (TPSA) is 575 Å². The maximum Gasteiger partial charge on any atom is 0.332 e. The zero-order valence-corrected chi connectivity index (χ0v) is 74.0. The number of amides is 3. The van der Waals surface area contributed by atoms with Gasteiger partial charge in [-0.1, -0.05) is 90.9 Å². The normalized spacial score (nSPS) is 33.4. The number of rotatable bonds is 61. The lowest BCUT2D eigenvalue weighted by Gasteiger charge is -2.48. The van der Waals surface area contributed by atoms with Crippen molar-refractivity contribution in [2.45, 2.75) is 315 Å². The SMILES string of the molecule is CC1O[C@@H](O[C@@H]2C(C)CCC[C@H]2O[C@@H]2O[C@@H](CO)[C@H](O)C(O[C@@H](CC3CCCCC3)C(=O)O)C2NC(=O)CCC(=O)COCCOCCOCCOCCOCCOCCOCCOCCOCCOCCOCC(=O)NCC(=O)NC2C(O[C@@H](CC3CCCCC3)C(=O)O)[C@@H](O)[C@H](CO)O[C@H]2O[C@@H]2CCCC(C)[C@H]2O[C@@H]2OC(C)[C@@H](O)[C@H](O)C2O)C(O)[C@@H](O)[C@@H]1O. The minimum Gasteiger partial charge on any atom is -0.479 e. The van der Waals surface area contributed by atoms with Crippen molar-refractivity contribution >= 4 is 35.4 Å². The molecule has 4 saturated heterocycles. The third-order valence-corrected chi connectivity index (χ3v) is 24.4. The molecule has 127 heavy (non-hydrogen) atoms. The van der Waals surface area contributed by atoms with Crippen molar-refractivity contribution in [2.24, 2.45) is 23.7 Å². The molecule has 42 heteroatoms. The summed E-state index contributed by atoms with van der Waals surface area (Å²) in [7, 11) is 0. The molecule has 0 aromatic heterocycles. The highest BCUT2D eigenvalue weighted by atomic mass is 16.8. The van der Waals surface area contributed by atoms with Crippen molar-refractivity contribution in [1.29, 1.82) is 0 Å². The van der Waals surface area contributed by atoms with E-state index in [2.05, 4.69) is 16.0 Å². The summed E-state index contributed by atoms with van der Waals surface area (Å²) in [5, 5.41) is 136. The monoisotopic (exact) mass is 1830 g/mol. The van der Waals surface area contributed by atoms with Gasteiger partial charge in [-0.2, -0.15) is 0 Å². The third-order valence-electron chi connectivity index (χ3n) is 24.4. The van der Waals surface area contributed by atoms with Crippen LogP contribution < -0.4 is 16.0 Å². The van der Waals surface area contributed by atoms with Crippen LogP contribution in [-0.4, -0.2) is 421 Å². The smallest absolute Gasteiger partial charge is 0.332 e. The number of aliphatic carboxylic acids is 2. The molecule has 4 aliphatic heterocycles. The fourth-order valence-electron chi connectivity index (χ4n) is 17.1. The number of Topliss-reactive ketones (excluding diaryl/α,β-unsaturated/α-hetero) is 1. The lowest BCUT2D eigenvalue weighted by Crippen LogP contribution is -2.67. The van der Waals surface area contributed by atoms with E-state index in [4.69, 9.17) is 99.5 Å². The van der Waals surface area contributed by atoms with Crippen LogP contribution in [0.2, 0.25) is 0 Å². The lowest BCUT2D eigenvalue weighted by molar-refractivity contribution is -0.336. The number of aliphatic hydroxyl groups excluding tert-OH is 10. The van der Waals surface area contributed by atoms with Crippen molar-refractivity contribution < 1.29 is 190 Å². The van der Waals surface area contributed by atoms with Crippen molar-refractivity contribution in [2.75, 3.05) is 165 Å². The first kappa shape index (κ1) is 108. The van der Waals surface area contributed by atoms with Gasteiger partial charge in [-0.3, -0.25) is 19.2 Å². The van der Waals surface area contributed by atoms with Gasteiger partial charge >= 0.3 is 11.9 Å². The molecule has 736 valence electrons. The van der Waals surface area contributed by atoms with E-state index in [0.717, 1.165) is 64.2 Å². The van der Waals surface area contributed by atoms with Gasteiger partial charge in [0, 0.05) is 12.8 Å². The van der Waals surface area contributed by atoms with Crippen molar-refractivity contribution in [3.8, 4) is 0 Å². The van der Waals surface area contributed by atoms with Gasteiger partial charge in [-0.05, 0) is 76.0 Å². The molecule has 10 unspecified atom stereocenters. The predicted molar refractivity (Wildman–Crippen MR) is 439 cm³/mol. The predicted octanol–water partition coefficient (Wildman–Crippen LogP) is -1.79. The molecule has 0 bridgehead atoms. The number of hydrogen-bond acceptors (Lipinski definition) is 37. The molecule has 3 amide bonds. The average Bonchev–Trinajstić information content (AvgIpc) is 0.783. The van der Waals surface area contributed by atoms with Gasteiger partial charge in [0.15, 0.2) is 43.2 Å². The Balaban J connectivity index is 0.597. The Labute approximate surface area is 742 Å². The lowest BCUT2D eigenvalue weighted by atomic mass is 9.85. The molecule has 15 N–H and O–H groups in total. The van der Waals surface area contributed by atoms with Crippen LogP contribution in [0.25, 0.3) is 0 Å². The summed E-state index contributed by atoms with van der Waals surface area (Å²) >= 11 is 0. The quantitative estimate of drug-likeness (QED) is 0.0299. The first-order valence-corrected chi connectivity index (χ1v) is 45.7. The number of carboxylic acids is 2. The molecule has 0 aromatic rings. The van der Waals surface area contributed by atoms with Crippen molar-refractivity contribution in [1.82, 2.24) is 16.0 Å². The summed E-state index contributed by atoms with van der Waals surface area (Å²) in [5.74, 6) is -5.39. The molecule has 8 rings (SSSR count). The molecule has 8 aliphatic rings. The van der Waals surface area contributed by atoms with Crippen LogP contribution in [0.4, 0.5) is 0 Å². The van der Waals surface area contributed by atoms with Crippen LogP contribution in [0.5, 0.6) is 0 Å². The van der Waals surface area contributed by atoms with Crippen LogP contribution in [0, 0.1) is 23.7 Å². The average molecular weight is 1840 g/mol. The van der Waals surface area contributed by atoms with E-state index in [1.54, 1.807) is 0 Å².